The highest BCUT2D eigenvalue weighted by molar-refractivity contribution is 5.04. The summed E-state index contributed by atoms with van der Waals surface area (Å²) in [5, 5.41) is 12.3. The number of rotatable bonds is 7. The molecule has 3 nitrogen and oxygen atoms in total. The summed E-state index contributed by atoms with van der Waals surface area (Å²) in [6.07, 6.45) is 1.91. The molecule has 0 aromatic carbocycles. The van der Waals surface area contributed by atoms with Crippen molar-refractivity contribution >= 4 is 0 Å². The highest BCUT2D eigenvalue weighted by Gasteiger charge is 2.25. The van der Waals surface area contributed by atoms with Crippen LogP contribution in [-0.2, 0) is 4.74 Å². The highest BCUT2D eigenvalue weighted by Crippen LogP contribution is 2.13. The van der Waals surface area contributed by atoms with E-state index in [9.17, 15) is 0 Å². The zero-order chi connectivity index (χ0) is 11.0. The summed E-state index contributed by atoms with van der Waals surface area (Å²) in [6, 6.07) is 2.31. The van der Waals surface area contributed by atoms with Crippen LogP contribution in [0.25, 0.3) is 0 Å². The fourth-order valence-electron chi connectivity index (χ4n) is 1.48. The molecule has 0 fully saturated rings. The molecule has 0 aliphatic heterocycles. The van der Waals surface area contributed by atoms with Crippen LogP contribution in [0, 0.1) is 11.3 Å². The molecule has 0 aliphatic rings. The third kappa shape index (κ3) is 5.21. The average Bonchev–Trinajstić information content (AvgIpc) is 2.15. The van der Waals surface area contributed by atoms with Crippen molar-refractivity contribution in [1.29, 1.82) is 5.26 Å². The summed E-state index contributed by atoms with van der Waals surface area (Å²) in [5.74, 6) is 0. The SMILES string of the molecule is CCCNC(C)(C#N)CC(C)OCC. The standard InChI is InChI=1S/C11H22N2O/c1-5-7-13-11(4,9-12)8-10(3)14-6-2/h10,13H,5-8H2,1-4H3. The zero-order valence-electron chi connectivity index (χ0n) is 9.76. The van der Waals surface area contributed by atoms with Gasteiger partial charge in [-0.05, 0) is 33.7 Å². The Bertz CT molecular complexity index is 188. The molecule has 0 saturated carbocycles. The van der Waals surface area contributed by atoms with Gasteiger partial charge in [0.2, 0.25) is 0 Å². The molecule has 0 spiro atoms. The van der Waals surface area contributed by atoms with Crippen molar-refractivity contribution in [3.63, 3.8) is 0 Å². The predicted molar refractivity (Wildman–Crippen MR) is 58.0 cm³/mol. The van der Waals surface area contributed by atoms with Gasteiger partial charge in [-0.3, -0.25) is 5.32 Å². The Hall–Kier alpha value is -0.590. The minimum atomic E-state index is -0.454. The zero-order valence-corrected chi connectivity index (χ0v) is 9.76. The molecule has 2 atom stereocenters. The van der Waals surface area contributed by atoms with Crippen molar-refractivity contribution < 1.29 is 4.74 Å². The second-order valence-electron chi connectivity index (χ2n) is 3.84. The van der Waals surface area contributed by atoms with Crippen molar-refractivity contribution in [1.82, 2.24) is 5.32 Å². The first kappa shape index (κ1) is 13.4. The van der Waals surface area contributed by atoms with E-state index < -0.39 is 5.54 Å². The summed E-state index contributed by atoms with van der Waals surface area (Å²) in [5.41, 5.74) is -0.454. The van der Waals surface area contributed by atoms with E-state index in [0.29, 0.717) is 6.61 Å². The lowest BCUT2D eigenvalue weighted by molar-refractivity contribution is 0.0567. The van der Waals surface area contributed by atoms with E-state index in [0.717, 1.165) is 19.4 Å². The lowest BCUT2D eigenvalue weighted by Crippen LogP contribution is -2.44. The van der Waals surface area contributed by atoms with Gasteiger partial charge in [-0.1, -0.05) is 6.92 Å². The Morgan fingerprint density at radius 2 is 2.14 bits per heavy atom. The lowest BCUT2D eigenvalue weighted by Gasteiger charge is -2.26. The van der Waals surface area contributed by atoms with Gasteiger partial charge in [0, 0.05) is 13.0 Å². The number of nitriles is 1. The summed E-state index contributed by atoms with van der Waals surface area (Å²) in [4.78, 5) is 0. The van der Waals surface area contributed by atoms with Gasteiger partial charge in [-0.2, -0.15) is 5.26 Å². The summed E-state index contributed by atoms with van der Waals surface area (Å²) in [7, 11) is 0. The summed E-state index contributed by atoms with van der Waals surface area (Å²) < 4.78 is 5.43. The maximum absolute atomic E-state index is 9.06. The fraction of sp³-hybridized carbons (Fsp3) is 0.909. The van der Waals surface area contributed by atoms with Crippen LogP contribution in [-0.4, -0.2) is 24.8 Å². The maximum Gasteiger partial charge on any atom is 0.106 e. The Morgan fingerprint density at radius 3 is 2.57 bits per heavy atom. The summed E-state index contributed by atoms with van der Waals surface area (Å²) in [6.45, 7) is 9.58. The van der Waals surface area contributed by atoms with Crippen LogP contribution in [0.5, 0.6) is 0 Å². The van der Waals surface area contributed by atoms with Gasteiger partial charge in [0.1, 0.15) is 5.54 Å². The molecule has 0 aromatic rings. The molecule has 0 aliphatic carbocycles. The molecule has 0 aromatic heterocycles. The number of nitrogens with zero attached hydrogens (tertiary/aromatic N) is 1. The van der Waals surface area contributed by atoms with E-state index >= 15 is 0 Å². The highest BCUT2D eigenvalue weighted by atomic mass is 16.5. The molecular formula is C11H22N2O. The van der Waals surface area contributed by atoms with Crippen LogP contribution in [0.1, 0.15) is 40.5 Å². The molecule has 0 bridgehead atoms. The first-order chi connectivity index (χ1) is 6.58. The van der Waals surface area contributed by atoms with Gasteiger partial charge in [0.15, 0.2) is 0 Å². The number of hydrogen-bond donors (Lipinski definition) is 1. The second kappa shape index (κ2) is 6.80. The van der Waals surface area contributed by atoms with Gasteiger partial charge < -0.3 is 4.74 Å². The van der Waals surface area contributed by atoms with Crippen LogP contribution >= 0.6 is 0 Å². The molecule has 0 radical (unpaired) electrons. The van der Waals surface area contributed by atoms with Crippen LogP contribution < -0.4 is 5.32 Å². The molecule has 14 heavy (non-hydrogen) atoms. The topological polar surface area (TPSA) is 45.0 Å². The van der Waals surface area contributed by atoms with Gasteiger partial charge >= 0.3 is 0 Å². The minimum Gasteiger partial charge on any atom is -0.379 e. The van der Waals surface area contributed by atoms with Gasteiger partial charge in [0.25, 0.3) is 0 Å². The predicted octanol–water partition coefficient (Wildman–Crippen LogP) is 2.08. The molecule has 3 heteroatoms. The molecule has 2 unspecified atom stereocenters. The lowest BCUT2D eigenvalue weighted by atomic mass is 9.96. The molecule has 0 saturated heterocycles. The largest absolute Gasteiger partial charge is 0.379 e. The molecule has 0 amide bonds. The third-order valence-electron chi connectivity index (χ3n) is 2.16. The number of nitrogens with one attached hydrogen (secondary N) is 1. The quantitative estimate of drug-likeness (QED) is 0.681. The van der Waals surface area contributed by atoms with Crippen molar-refractivity contribution in [2.75, 3.05) is 13.2 Å². The smallest absolute Gasteiger partial charge is 0.106 e. The van der Waals surface area contributed by atoms with Crippen molar-refractivity contribution in [2.45, 2.75) is 52.2 Å². The Labute approximate surface area is 87.4 Å². The van der Waals surface area contributed by atoms with Crippen LogP contribution in [0.4, 0.5) is 0 Å². The number of ether oxygens (including phenoxy) is 1. The van der Waals surface area contributed by atoms with Crippen molar-refractivity contribution in [3.05, 3.63) is 0 Å². The Balaban J connectivity index is 4.05. The maximum atomic E-state index is 9.06. The molecule has 0 rings (SSSR count). The van der Waals surface area contributed by atoms with Crippen molar-refractivity contribution in [3.8, 4) is 6.07 Å². The van der Waals surface area contributed by atoms with E-state index in [1.165, 1.54) is 0 Å². The second-order valence-corrected chi connectivity index (χ2v) is 3.84. The monoisotopic (exact) mass is 198 g/mol. The summed E-state index contributed by atoms with van der Waals surface area (Å²) >= 11 is 0. The van der Waals surface area contributed by atoms with Crippen molar-refractivity contribution in [2.24, 2.45) is 0 Å². The molecule has 0 heterocycles. The number of hydrogen-bond acceptors (Lipinski definition) is 3. The fourth-order valence-corrected chi connectivity index (χ4v) is 1.48. The first-order valence-corrected chi connectivity index (χ1v) is 5.35. The van der Waals surface area contributed by atoms with E-state index in [4.69, 9.17) is 10.00 Å². The molecule has 1 N–H and O–H groups in total. The van der Waals surface area contributed by atoms with E-state index in [2.05, 4.69) is 18.3 Å². The third-order valence-corrected chi connectivity index (χ3v) is 2.16. The van der Waals surface area contributed by atoms with Gasteiger partial charge in [-0.25, -0.2) is 0 Å². The van der Waals surface area contributed by atoms with E-state index in [1.54, 1.807) is 0 Å². The Morgan fingerprint density at radius 1 is 1.50 bits per heavy atom. The van der Waals surface area contributed by atoms with E-state index in [1.807, 2.05) is 20.8 Å². The molecule has 82 valence electrons. The minimum absolute atomic E-state index is 0.133. The Kier molecular flexibility index (Phi) is 6.52. The average molecular weight is 198 g/mol. The van der Waals surface area contributed by atoms with Crippen LogP contribution in [0.15, 0.2) is 0 Å². The molecular weight excluding hydrogens is 176 g/mol. The van der Waals surface area contributed by atoms with E-state index in [-0.39, 0.29) is 6.10 Å². The van der Waals surface area contributed by atoms with Crippen LogP contribution in [0.2, 0.25) is 0 Å². The van der Waals surface area contributed by atoms with Gasteiger partial charge in [0.05, 0.1) is 12.2 Å². The normalized spacial score (nSPS) is 17.1. The van der Waals surface area contributed by atoms with Gasteiger partial charge in [-0.15, -0.1) is 0 Å². The first-order valence-electron chi connectivity index (χ1n) is 5.35. The van der Waals surface area contributed by atoms with Crippen LogP contribution in [0.3, 0.4) is 0 Å².